The van der Waals surface area contributed by atoms with E-state index in [0.29, 0.717) is 18.8 Å². The minimum atomic E-state index is -0.163. The Bertz CT molecular complexity index is 509. The topological polar surface area (TPSA) is 82.7 Å². The van der Waals surface area contributed by atoms with Crippen molar-refractivity contribution in [1.82, 2.24) is 20.5 Å². The number of nitrogens with zero attached hydrogens (tertiary/aromatic N) is 2. The van der Waals surface area contributed by atoms with Gasteiger partial charge in [0.1, 0.15) is 5.69 Å². The molecule has 2 aromatic rings. The molecule has 2 aromatic heterocycles. The summed E-state index contributed by atoms with van der Waals surface area (Å²) in [6, 6.07) is 3.55. The number of amides is 1. The van der Waals surface area contributed by atoms with Crippen molar-refractivity contribution < 1.29 is 4.79 Å². The molecular formula is C12H15N5O. The predicted octanol–water partition coefficient (Wildman–Crippen LogP) is 1.17. The zero-order valence-electron chi connectivity index (χ0n) is 10.1. The standard InChI is InChI=1S/C12H15N5O/c1-2-13-12(18)11-5-10(3-4-14-11)15-6-9-7-16-17-8-9/h3-5,7-8H,2,6H2,1H3,(H,13,18)(H,14,15)(H,16,17). The number of nitrogens with one attached hydrogen (secondary N) is 3. The Morgan fingerprint density at radius 2 is 2.39 bits per heavy atom. The Kier molecular flexibility index (Phi) is 3.90. The Labute approximate surface area is 105 Å². The molecule has 18 heavy (non-hydrogen) atoms. The van der Waals surface area contributed by atoms with Crippen LogP contribution in [-0.4, -0.2) is 27.6 Å². The first-order valence-corrected chi connectivity index (χ1v) is 5.75. The van der Waals surface area contributed by atoms with Gasteiger partial charge in [0.2, 0.25) is 0 Å². The fraction of sp³-hybridized carbons (Fsp3) is 0.250. The summed E-state index contributed by atoms with van der Waals surface area (Å²) in [5, 5.41) is 12.5. The molecular weight excluding hydrogens is 230 g/mol. The summed E-state index contributed by atoms with van der Waals surface area (Å²) >= 11 is 0. The maximum Gasteiger partial charge on any atom is 0.269 e. The summed E-state index contributed by atoms with van der Waals surface area (Å²) in [5.74, 6) is -0.163. The molecule has 0 aromatic carbocycles. The number of hydrogen-bond acceptors (Lipinski definition) is 4. The lowest BCUT2D eigenvalue weighted by Gasteiger charge is -2.06. The third-order valence-corrected chi connectivity index (χ3v) is 2.38. The summed E-state index contributed by atoms with van der Waals surface area (Å²) in [6.45, 7) is 3.11. The third-order valence-electron chi connectivity index (χ3n) is 2.38. The first-order valence-electron chi connectivity index (χ1n) is 5.75. The van der Waals surface area contributed by atoms with Crippen LogP contribution in [0.5, 0.6) is 0 Å². The molecule has 0 atom stereocenters. The van der Waals surface area contributed by atoms with E-state index in [1.165, 1.54) is 0 Å². The molecule has 3 N–H and O–H groups in total. The van der Waals surface area contributed by atoms with Crippen molar-refractivity contribution in [3.63, 3.8) is 0 Å². The van der Waals surface area contributed by atoms with Gasteiger partial charge in [-0.1, -0.05) is 0 Å². The molecule has 0 fully saturated rings. The highest BCUT2D eigenvalue weighted by Crippen LogP contribution is 2.09. The van der Waals surface area contributed by atoms with Crippen molar-refractivity contribution in [3.8, 4) is 0 Å². The van der Waals surface area contributed by atoms with Gasteiger partial charge in [-0.05, 0) is 19.1 Å². The van der Waals surface area contributed by atoms with Gasteiger partial charge >= 0.3 is 0 Å². The average Bonchev–Trinajstić information content (AvgIpc) is 2.90. The molecule has 2 heterocycles. The quantitative estimate of drug-likeness (QED) is 0.738. The predicted molar refractivity (Wildman–Crippen MR) is 68.2 cm³/mol. The lowest BCUT2D eigenvalue weighted by molar-refractivity contribution is 0.0951. The molecule has 6 heteroatoms. The van der Waals surface area contributed by atoms with Crippen molar-refractivity contribution in [2.75, 3.05) is 11.9 Å². The summed E-state index contributed by atoms with van der Waals surface area (Å²) in [6.07, 6.45) is 5.18. The second-order valence-corrected chi connectivity index (χ2v) is 3.75. The summed E-state index contributed by atoms with van der Waals surface area (Å²) in [4.78, 5) is 15.6. The lowest BCUT2D eigenvalue weighted by Crippen LogP contribution is -2.23. The van der Waals surface area contributed by atoms with E-state index in [4.69, 9.17) is 0 Å². The van der Waals surface area contributed by atoms with Gasteiger partial charge in [0.25, 0.3) is 5.91 Å². The van der Waals surface area contributed by atoms with Crippen molar-refractivity contribution >= 4 is 11.6 Å². The van der Waals surface area contributed by atoms with Gasteiger partial charge in [-0.3, -0.25) is 14.9 Å². The van der Waals surface area contributed by atoms with Crippen molar-refractivity contribution in [2.45, 2.75) is 13.5 Å². The maximum absolute atomic E-state index is 11.6. The minimum Gasteiger partial charge on any atom is -0.381 e. The van der Waals surface area contributed by atoms with Crippen LogP contribution in [0, 0.1) is 0 Å². The second-order valence-electron chi connectivity index (χ2n) is 3.75. The summed E-state index contributed by atoms with van der Waals surface area (Å²) in [5.41, 5.74) is 2.31. The highest BCUT2D eigenvalue weighted by atomic mass is 16.1. The lowest BCUT2D eigenvalue weighted by atomic mass is 10.3. The first-order chi connectivity index (χ1) is 8.79. The van der Waals surface area contributed by atoms with E-state index in [-0.39, 0.29) is 5.91 Å². The molecule has 0 saturated heterocycles. The molecule has 0 saturated carbocycles. The maximum atomic E-state index is 11.6. The zero-order chi connectivity index (χ0) is 12.8. The Hall–Kier alpha value is -2.37. The number of H-pyrrole nitrogens is 1. The molecule has 6 nitrogen and oxygen atoms in total. The van der Waals surface area contributed by atoms with Gasteiger partial charge in [-0.2, -0.15) is 5.10 Å². The van der Waals surface area contributed by atoms with Crippen LogP contribution in [0.25, 0.3) is 0 Å². The van der Waals surface area contributed by atoms with E-state index in [2.05, 4.69) is 25.8 Å². The summed E-state index contributed by atoms with van der Waals surface area (Å²) in [7, 11) is 0. The van der Waals surface area contributed by atoms with Crippen LogP contribution in [0.3, 0.4) is 0 Å². The highest BCUT2D eigenvalue weighted by molar-refractivity contribution is 5.93. The minimum absolute atomic E-state index is 0.163. The number of rotatable bonds is 5. The van der Waals surface area contributed by atoms with Crippen LogP contribution >= 0.6 is 0 Å². The number of aromatic nitrogens is 3. The van der Waals surface area contributed by atoms with Crippen LogP contribution in [-0.2, 0) is 6.54 Å². The van der Waals surface area contributed by atoms with Gasteiger partial charge in [0, 0.05) is 36.7 Å². The number of hydrogen-bond donors (Lipinski definition) is 3. The molecule has 0 aliphatic carbocycles. The van der Waals surface area contributed by atoms with E-state index < -0.39 is 0 Å². The van der Waals surface area contributed by atoms with Gasteiger partial charge in [0.15, 0.2) is 0 Å². The Morgan fingerprint density at radius 1 is 1.50 bits per heavy atom. The van der Waals surface area contributed by atoms with Crippen LogP contribution in [0.2, 0.25) is 0 Å². The fourth-order valence-electron chi connectivity index (χ4n) is 1.49. The van der Waals surface area contributed by atoms with Crippen LogP contribution in [0.1, 0.15) is 23.0 Å². The number of carbonyl (C=O) groups is 1. The largest absolute Gasteiger partial charge is 0.381 e. The van der Waals surface area contributed by atoms with Gasteiger partial charge in [0.05, 0.1) is 6.20 Å². The van der Waals surface area contributed by atoms with Gasteiger partial charge in [-0.25, -0.2) is 0 Å². The van der Waals surface area contributed by atoms with Crippen molar-refractivity contribution in [1.29, 1.82) is 0 Å². The van der Waals surface area contributed by atoms with E-state index in [1.54, 1.807) is 18.5 Å². The van der Waals surface area contributed by atoms with E-state index in [1.807, 2.05) is 19.2 Å². The molecule has 94 valence electrons. The third kappa shape index (κ3) is 3.07. The fourth-order valence-corrected chi connectivity index (χ4v) is 1.49. The van der Waals surface area contributed by atoms with E-state index in [9.17, 15) is 4.79 Å². The molecule has 1 amide bonds. The molecule has 0 spiro atoms. The monoisotopic (exact) mass is 245 g/mol. The molecule has 0 aliphatic rings. The smallest absolute Gasteiger partial charge is 0.269 e. The first kappa shape index (κ1) is 12.1. The number of aromatic amines is 1. The van der Waals surface area contributed by atoms with Gasteiger partial charge in [-0.15, -0.1) is 0 Å². The summed E-state index contributed by atoms with van der Waals surface area (Å²) < 4.78 is 0. The molecule has 0 bridgehead atoms. The van der Waals surface area contributed by atoms with Crippen molar-refractivity contribution in [2.24, 2.45) is 0 Å². The van der Waals surface area contributed by atoms with Crippen LogP contribution in [0.4, 0.5) is 5.69 Å². The van der Waals surface area contributed by atoms with Crippen LogP contribution in [0.15, 0.2) is 30.7 Å². The molecule has 0 aliphatic heterocycles. The number of carbonyl (C=O) groups excluding carboxylic acids is 1. The number of anilines is 1. The molecule has 0 unspecified atom stereocenters. The normalized spacial score (nSPS) is 10.1. The molecule has 2 rings (SSSR count). The SMILES string of the molecule is CCNC(=O)c1cc(NCc2cn[nH]c2)ccn1. The second kappa shape index (κ2) is 5.81. The van der Waals surface area contributed by atoms with Crippen molar-refractivity contribution in [3.05, 3.63) is 42.0 Å². The Morgan fingerprint density at radius 3 is 3.11 bits per heavy atom. The Balaban J connectivity index is 2.01. The zero-order valence-corrected chi connectivity index (χ0v) is 10.1. The molecule has 0 radical (unpaired) electrons. The van der Waals surface area contributed by atoms with Gasteiger partial charge < -0.3 is 10.6 Å². The van der Waals surface area contributed by atoms with E-state index >= 15 is 0 Å². The van der Waals surface area contributed by atoms with E-state index in [0.717, 1.165) is 11.3 Å². The highest BCUT2D eigenvalue weighted by Gasteiger charge is 2.06. The number of pyridine rings is 1. The van der Waals surface area contributed by atoms with Crippen LogP contribution < -0.4 is 10.6 Å². The average molecular weight is 245 g/mol.